The molecule has 2 unspecified atom stereocenters. The third kappa shape index (κ3) is 3.24. The number of para-hydroxylation sites is 2. The van der Waals surface area contributed by atoms with Crippen LogP contribution in [0.1, 0.15) is 13.3 Å². The van der Waals surface area contributed by atoms with Gasteiger partial charge in [0, 0.05) is 12.6 Å². The molecular formula is C14H21N3O2. The molecule has 2 atom stereocenters. The van der Waals surface area contributed by atoms with Crippen LogP contribution < -0.4 is 11.1 Å². The van der Waals surface area contributed by atoms with Crippen LogP contribution in [0.3, 0.4) is 0 Å². The van der Waals surface area contributed by atoms with Gasteiger partial charge in [0.05, 0.1) is 24.0 Å². The van der Waals surface area contributed by atoms with Crippen LogP contribution in [0.15, 0.2) is 24.3 Å². The molecule has 104 valence electrons. The van der Waals surface area contributed by atoms with Crippen molar-refractivity contribution in [2.45, 2.75) is 25.4 Å². The Morgan fingerprint density at radius 3 is 2.89 bits per heavy atom. The monoisotopic (exact) mass is 263 g/mol. The van der Waals surface area contributed by atoms with Crippen molar-refractivity contribution < 1.29 is 9.53 Å². The number of nitrogens with one attached hydrogen (secondary N) is 1. The quantitative estimate of drug-likeness (QED) is 0.804. The van der Waals surface area contributed by atoms with Gasteiger partial charge in [0.2, 0.25) is 5.91 Å². The van der Waals surface area contributed by atoms with E-state index >= 15 is 0 Å². The molecule has 2 rings (SSSR count). The predicted molar refractivity (Wildman–Crippen MR) is 75.9 cm³/mol. The number of hydrogen-bond donors (Lipinski definition) is 2. The molecule has 0 spiro atoms. The zero-order valence-electron chi connectivity index (χ0n) is 11.4. The van der Waals surface area contributed by atoms with Crippen molar-refractivity contribution in [1.82, 2.24) is 4.90 Å². The second-order valence-corrected chi connectivity index (χ2v) is 4.94. The number of carbonyl (C=O) groups is 1. The van der Waals surface area contributed by atoms with Gasteiger partial charge in [-0.3, -0.25) is 9.69 Å². The van der Waals surface area contributed by atoms with Gasteiger partial charge in [-0.2, -0.15) is 0 Å². The van der Waals surface area contributed by atoms with Crippen LogP contribution in [0.25, 0.3) is 0 Å². The molecular weight excluding hydrogens is 242 g/mol. The van der Waals surface area contributed by atoms with Crippen LogP contribution in [0, 0.1) is 0 Å². The molecule has 5 nitrogen and oxygen atoms in total. The topological polar surface area (TPSA) is 67.6 Å². The summed E-state index contributed by atoms with van der Waals surface area (Å²) in [5.74, 6) is -0.0488. The summed E-state index contributed by atoms with van der Waals surface area (Å²) in [6, 6.07) is 7.37. The highest BCUT2D eigenvalue weighted by molar-refractivity contribution is 5.97. The van der Waals surface area contributed by atoms with Crippen molar-refractivity contribution in [3.8, 4) is 0 Å². The van der Waals surface area contributed by atoms with Crippen LogP contribution in [0.5, 0.6) is 0 Å². The van der Waals surface area contributed by atoms with Gasteiger partial charge >= 0.3 is 0 Å². The van der Waals surface area contributed by atoms with Crippen molar-refractivity contribution in [1.29, 1.82) is 0 Å². The SMILES string of the molecule is CC(C(=O)Nc1ccccc1N)N(C)C1CCOC1. The first kappa shape index (κ1) is 13.8. The number of carbonyl (C=O) groups excluding carboxylic acids is 1. The van der Waals surface area contributed by atoms with Crippen molar-refractivity contribution in [2.75, 3.05) is 31.3 Å². The molecule has 1 aromatic rings. The zero-order valence-corrected chi connectivity index (χ0v) is 11.4. The zero-order chi connectivity index (χ0) is 13.8. The molecule has 5 heteroatoms. The molecule has 0 saturated carbocycles. The Bertz CT molecular complexity index is 444. The third-order valence-corrected chi connectivity index (χ3v) is 3.69. The van der Waals surface area contributed by atoms with Crippen LogP contribution >= 0.6 is 0 Å². The summed E-state index contributed by atoms with van der Waals surface area (Å²) >= 11 is 0. The van der Waals surface area contributed by atoms with Crippen LogP contribution in [0.2, 0.25) is 0 Å². The van der Waals surface area contributed by atoms with E-state index in [1.54, 1.807) is 12.1 Å². The maximum atomic E-state index is 12.2. The van der Waals surface area contributed by atoms with Gasteiger partial charge in [0.15, 0.2) is 0 Å². The van der Waals surface area contributed by atoms with Gasteiger partial charge in [0.25, 0.3) is 0 Å². The smallest absolute Gasteiger partial charge is 0.241 e. The Morgan fingerprint density at radius 2 is 2.26 bits per heavy atom. The molecule has 1 amide bonds. The number of benzene rings is 1. The van der Waals surface area contributed by atoms with E-state index in [4.69, 9.17) is 10.5 Å². The van der Waals surface area contributed by atoms with E-state index in [9.17, 15) is 4.79 Å². The minimum atomic E-state index is -0.216. The van der Waals surface area contributed by atoms with Gasteiger partial charge in [-0.15, -0.1) is 0 Å². The van der Waals surface area contributed by atoms with Crippen LogP contribution in [-0.4, -0.2) is 43.2 Å². The van der Waals surface area contributed by atoms with Crippen LogP contribution in [0.4, 0.5) is 11.4 Å². The first-order chi connectivity index (χ1) is 9.09. The summed E-state index contributed by atoms with van der Waals surface area (Å²) in [5, 5.41) is 2.87. The first-order valence-electron chi connectivity index (χ1n) is 6.54. The summed E-state index contributed by atoms with van der Waals surface area (Å²) < 4.78 is 5.35. The Morgan fingerprint density at radius 1 is 1.53 bits per heavy atom. The Balaban J connectivity index is 1.97. The second kappa shape index (κ2) is 6.04. The number of nitrogens with zero attached hydrogens (tertiary/aromatic N) is 1. The normalized spacial score (nSPS) is 20.5. The van der Waals surface area contributed by atoms with Gasteiger partial charge in [0.1, 0.15) is 0 Å². The lowest BCUT2D eigenvalue weighted by atomic mass is 10.1. The fourth-order valence-corrected chi connectivity index (χ4v) is 2.19. The number of hydrogen-bond acceptors (Lipinski definition) is 4. The van der Waals surface area contributed by atoms with Gasteiger partial charge in [-0.05, 0) is 32.5 Å². The molecule has 0 bridgehead atoms. The molecule has 1 heterocycles. The predicted octanol–water partition coefficient (Wildman–Crippen LogP) is 1.32. The summed E-state index contributed by atoms with van der Waals surface area (Å²) in [6.45, 7) is 3.36. The maximum Gasteiger partial charge on any atom is 0.241 e. The molecule has 1 aliphatic rings. The van der Waals surface area contributed by atoms with E-state index < -0.39 is 0 Å². The third-order valence-electron chi connectivity index (χ3n) is 3.69. The maximum absolute atomic E-state index is 12.2. The molecule has 0 aliphatic carbocycles. The Hall–Kier alpha value is -1.59. The highest BCUT2D eigenvalue weighted by Crippen LogP contribution is 2.19. The second-order valence-electron chi connectivity index (χ2n) is 4.94. The molecule has 1 saturated heterocycles. The Labute approximate surface area is 113 Å². The van der Waals surface area contributed by atoms with Gasteiger partial charge < -0.3 is 15.8 Å². The summed E-state index contributed by atoms with van der Waals surface area (Å²) in [4.78, 5) is 14.3. The lowest BCUT2D eigenvalue weighted by Crippen LogP contribution is -2.45. The van der Waals surface area contributed by atoms with Crippen molar-refractivity contribution >= 4 is 17.3 Å². The molecule has 0 radical (unpaired) electrons. The number of rotatable bonds is 4. The fraction of sp³-hybridized carbons (Fsp3) is 0.500. The number of nitrogen functional groups attached to an aromatic ring is 1. The number of ether oxygens (including phenoxy) is 1. The van der Waals surface area contributed by atoms with Crippen molar-refractivity contribution in [3.63, 3.8) is 0 Å². The van der Waals surface area contributed by atoms with Gasteiger partial charge in [-0.25, -0.2) is 0 Å². The van der Waals surface area contributed by atoms with E-state index in [-0.39, 0.29) is 11.9 Å². The summed E-state index contributed by atoms with van der Waals surface area (Å²) in [7, 11) is 1.96. The molecule has 0 aromatic heterocycles. The van der Waals surface area contributed by atoms with Crippen molar-refractivity contribution in [3.05, 3.63) is 24.3 Å². The minimum Gasteiger partial charge on any atom is -0.397 e. The fourth-order valence-electron chi connectivity index (χ4n) is 2.19. The van der Waals surface area contributed by atoms with Gasteiger partial charge in [-0.1, -0.05) is 12.1 Å². The summed E-state index contributed by atoms with van der Waals surface area (Å²) in [6.07, 6.45) is 0.974. The molecule has 19 heavy (non-hydrogen) atoms. The lowest BCUT2D eigenvalue weighted by molar-refractivity contribution is -0.121. The molecule has 1 aromatic carbocycles. The number of likely N-dealkylation sites (N-methyl/N-ethyl adjacent to an activating group) is 1. The molecule has 3 N–H and O–H groups in total. The number of amides is 1. The van der Waals surface area contributed by atoms with E-state index in [0.29, 0.717) is 24.0 Å². The van der Waals surface area contributed by atoms with Crippen molar-refractivity contribution in [2.24, 2.45) is 0 Å². The number of anilines is 2. The Kier molecular flexibility index (Phi) is 4.39. The van der Waals surface area contributed by atoms with E-state index in [1.807, 2.05) is 26.1 Å². The first-order valence-corrected chi connectivity index (χ1v) is 6.54. The average Bonchev–Trinajstić information content (AvgIpc) is 2.93. The number of nitrogens with two attached hydrogens (primary N) is 1. The minimum absolute atomic E-state index is 0.0488. The standard InChI is InChI=1S/C14H21N3O2/c1-10(17(2)11-7-8-19-9-11)14(18)16-13-6-4-3-5-12(13)15/h3-6,10-11H,7-9,15H2,1-2H3,(H,16,18). The highest BCUT2D eigenvalue weighted by Gasteiger charge is 2.27. The van der Waals surface area contributed by atoms with E-state index in [1.165, 1.54) is 0 Å². The molecule has 1 aliphatic heterocycles. The largest absolute Gasteiger partial charge is 0.397 e. The van der Waals surface area contributed by atoms with E-state index in [0.717, 1.165) is 13.0 Å². The average molecular weight is 263 g/mol. The molecule has 1 fully saturated rings. The summed E-state index contributed by atoms with van der Waals surface area (Å²) in [5.41, 5.74) is 7.06. The lowest BCUT2D eigenvalue weighted by Gasteiger charge is -2.28. The highest BCUT2D eigenvalue weighted by atomic mass is 16.5. The van der Waals surface area contributed by atoms with E-state index in [2.05, 4.69) is 10.2 Å². The van der Waals surface area contributed by atoms with Crippen LogP contribution in [-0.2, 0) is 9.53 Å².